The fourth-order valence-corrected chi connectivity index (χ4v) is 2.73. The molecule has 0 fully saturated rings. The molecule has 3 aromatic rings. The summed E-state index contributed by atoms with van der Waals surface area (Å²) < 4.78 is 18.9. The zero-order valence-corrected chi connectivity index (χ0v) is 16.8. The van der Waals surface area contributed by atoms with Crippen molar-refractivity contribution in [3.05, 3.63) is 70.0 Å². The number of rotatable bonds is 6. The number of benzene rings is 2. The van der Waals surface area contributed by atoms with Crippen molar-refractivity contribution < 1.29 is 18.4 Å². The van der Waals surface area contributed by atoms with Gasteiger partial charge in [0.2, 0.25) is 17.7 Å². The molecule has 0 radical (unpaired) electrons. The fraction of sp³-hybridized carbons (Fsp3) is 0.238. The molecule has 3 rings (SSSR count). The summed E-state index contributed by atoms with van der Waals surface area (Å²) in [6, 6.07) is 10.9. The van der Waals surface area contributed by atoms with Crippen molar-refractivity contribution in [3.8, 4) is 11.5 Å². The Bertz CT molecular complexity index is 1130. The zero-order valence-electron chi connectivity index (χ0n) is 16.8. The highest BCUT2D eigenvalue weighted by molar-refractivity contribution is 5.95. The predicted molar refractivity (Wildman–Crippen MR) is 108 cm³/mol. The first-order valence-corrected chi connectivity index (χ1v) is 9.18. The van der Waals surface area contributed by atoms with Crippen molar-refractivity contribution in [2.45, 2.75) is 20.4 Å². The molecule has 2 amide bonds. The van der Waals surface area contributed by atoms with Crippen LogP contribution in [0.1, 0.15) is 11.1 Å². The lowest BCUT2D eigenvalue weighted by molar-refractivity contribution is -0.134. The Hall–Kier alpha value is -3.75. The van der Waals surface area contributed by atoms with E-state index in [2.05, 4.69) is 10.4 Å². The zero-order chi connectivity index (χ0) is 21.8. The van der Waals surface area contributed by atoms with E-state index in [0.29, 0.717) is 11.3 Å². The lowest BCUT2D eigenvalue weighted by Crippen LogP contribution is -2.38. The molecule has 1 heterocycles. The largest absolute Gasteiger partial charge is 0.437 e. The van der Waals surface area contributed by atoms with Crippen LogP contribution >= 0.6 is 0 Å². The minimum atomic E-state index is -0.823. The van der Waals surface area contributed by atoms with Crippen LogP contribution in [0.25, 0.3) is 11.5 Å². The summed E-state index contributed by atoms with van der Waals surface area (Å²) in [7, 11) is 1.46. The number of likely N-dealkylation sites (N-methyl/N-ethyl adjacent to an activating group) is 1. The van der Waals surface area contributed by atoms with E-state index in [0.717, 1.165) is 15.8 Å². The van der Waals surface area contributed by atoms with Crippen LogP contribution in [0.15, 0.2) is 51.7 Å². The van der Waals surface area contributed by atoms with Gasteiger partial charge in [0.25, 0.3) is 0 Å². The van der Waals surface area contributed by atoms with E-state index < -0.39 is 24.0 Å². The van der Waals surface area contributed by atoms with E-state index >= 15 is 0 Å². The van der Waals surface area contributed by atoms with E-state index in [-0.39, 0.29) is 18.3 Å². The SMILES string of the molecule is Cc1ccc(C)c(NC(=O)CN(C)C(=O)Cn2nc(-c3ccc(F)cc3)oc2=O)c1. The molecule has 0 atom stereocenters. The fourth-order valence-electron chi connectivity index (χ4n) is 2.73. The van der Waals surface area contributed by atoms with Gasteiger partial charge < -0.3 is 14.6 Å². The third kappa shape index (κ3) is 4.99. The normalized spacial score (nSPS) is 10.7. The van der Waals surface area contributed by atoms with Crippen molar-refractivity contribution in [3.63, 3.8) is 0 Å². The second-order valence-corrected chi connectivity index (χ2v) is 6.95. The van der Waals surface area contributed by atoms with Gasteiger partial charge in [0.15, 0.2) is 0 Å². The Morgan fingerprint density at radius 3 is 2.57 bits per heavy atom. The van der Waals surface area contributed by atoms with Gasteiger partial charge in [0.05, 0.1) is 6.54 Å². The van der Waals surface area contributed by atoms with Crippen LogP contribution in [0, 0.1) is 19.7 Å². The van der Waals surface area contributed by atoms with Crippen LogP contribution < -0.4 is 11.1 Å². The quantitative estimate of drug-likeness (QED) is 0.670. The highest BCUT2D eigenvalue weighted by atomic mass is 19.1. The maximum atomic E-state index is 13.0. The molecule has 0 saturated heterocycles. The summed E-state index contributed by atoms with van der Waals surface area (Å²) in [4.78, 5) is 37.9. The molecule has 0 aliphatic carbocycles. The highest BCUT2D eigenvalue weighted by Gasteiger charge is 2.18. The Morgan fingerprint density at radius 1 is 1.17 bits per heavy atom. The monoisotopic (exact) mass is 412 g/mol. The standard InChI is InChI=1S/C21H21FN4O4/c1-13-4-5-14(2)17(10-13)23-18(27)11-25(3)19(28)12-26-21(29)30-20(24-26)15-6-8-16(22)9-7-15/h4-10H,11-12H2,1-3H3,(H,23,27). The molecule has 8 nitrogen and oxygen atoms in total. The van der Waals surface area contributed by atoms with Crippen LogP contribution in [0.4, 0.5) is 10.1 Å². The maximum Gasteiger partial charge on any atom is 0.437 e. The third-order valence-electron chi connectivity index (χ3n) is 4.46. The average molecular weight is 412 g/mol. The first kappa shape index (κ1) is 21.0. The molecule has 0 aliphatic rings. The van der Waals surface area contributed by atoms with Gasteiger partial charge in [-0.2, -0.15) is 4.68 Å². The number of nitrogens with one attached hydrogen (secondary N) is 1. The van der Waals surface area contributed by atoms with Crippen LogP contribution in [-0.2, 0) is 16.1 Å². The molecule has 1 aromatic heterocycles. The molecule has 0 spiro atoms. The van der Waals surface area contributed by atoms with Crippen LogP contribution in [0.5, 0.6) is 0 Å². The van der Waals surface area contributed by atoms with Crippen LogP contribution in [0.3, 0.4) is 0 Å². The van der Waals surface area contributed by atoms with E-state index in [1.807, 2.05) is 32.0 Å². The van der Waals surface area contributed by atoms with Gasteiger partial charge in [-0.1, -0.05) is 12.1 Å². The second-order valence-electron chi connectivity index (χ2n) is 6.95. The average Bonchev–Trinajstić information content (AvgIpc) is 3.05. The molecule has 156 valence electrons. The number of anilines is 1. The van der Waals surface area contributed by atoms with Crippen molar-refractivity contribution >= 4 is 17.5 Å². The summed E-state index contributed by atoms with van der Waals surface area (Å²) in [5.41, 5.74) is 2.99. The Kier molecular flexibility index (Phi) is 6.10. The number of carbonyl (C=O) groups is 2. The van der Waals surface area contributed by atoms with E-state index in [9.17, 15) is 18.8 Å². The van der Waals surface area contributed by atoms with E-state index in [1.165, 1.54) is 36.2 Å². The van der Waals surface area contributed by atoms with Gasteiger partial charge in [-0.3, -0.25) is 9.59 Å². The molecule has 0 aliphatic heterocycles. The molecule has 1 N–H and O–H groups in total. The Balaban J connectivity index is 1.63. The van der Waals surface area contributed by atoms with Gasteiger partial charge in [-0.05, 0) is 55.3 Å². The molecule has 30 heavy (non-hydrogen) atoms. The molecular weight excluding hydrogens is 391 g/mol. The van der Waals surface area contributed by atoms with Gasteiger partial charge in [0.1, 0.15) is 12.4 Å². The number of halogens is 1. The van der Waals surface area contributed by atoms with E-state index in [1.54, 1.807) is 0 Å². The van der Waals surface area contributed by atoms with Crippen LogP contribution in [-0.4, -0.2) is 40.1 Å². The van der Waals surface area contributed by atoms with Gasteiger partial charge >= 0.3 is 5.76 Å². The number of hydrogen-bond acceptors (Lipinski definition) is 5. The molecule has 0 unspecified atom stereocenters. The second kappa shape index (κ2) is 8.73. The summed E-state index contributed by atoms with van der Waals surface area (Å²) >= 11 is 0. The van der Waals surface area contributed by atoms with Gasteiger partial charge in [-0.15, -0.1) is 5.10 Å². The van der Waals surface area contributed by atoms with Crippen molar-refractivity contribution in [2.24, 2.45) is 0 Å². The topological polar surface area (TPSA) is 97.4 Å². The summed E-state index contributed by atoms with van der Waals surface area (Å²) in [5, 5.41) is 6.74. The lowest BCUT2D eigenvalue weighted by Gasteiger charge is -2.17. The molecule has 0 bridgehead atoms. The molecule has 0 saturated carbocycles. The Labute approximate surface area is 171 Å². The number of amides is 2. The van der Waals surface area contributed by atoms with Crippen molar-refractivity contribution in [1.82, 2.24) is 14.7 Å². The number of hydrogen-bond donors (Lipinski definition) is 1. The highest BCUT2D eigenvalue weighted by Crippen LogP contribution is 2.17. The van der Waals surface area contributed by atoms with Gasteiger partial charge in [0, 0.05) is 18.3 Å². The van der Waals surface area contributed by atoms with Crippen LogP contribution in [0.2, 0.25) is 0 Å². The van der Waals surface area contributed by atoms with Gasteiger partial charge in [-0.25, -0.2) is 9.18 Å². The summed E-state index contributed by atoms with van der Waals surface area (Å²) in [6.45, 7) is 3.21. The third-order valence-corrected chi connectivity index (χ3v) is 4.46. The minimum Gasteiger partial charge on any atom is -0.388 e. The number of aromatic nitrogens is 2. The number of carbonyl (C=O) groups excluding carboxylic acids is 2. The lowest BCUT2D eigenvalue weighted by atomic mass is 10.1. The first-order chi connectivity index (χ1) is 14.2. The maximum absolute atomic E-state index is 13.0. The smallest absolute Gasteiger partial charge is 0.388 e. The molecule has 2 aromatic carbocycles. The van der Waals surface area contributed by atoms with E-state index in [4.69, 9.17) is 4.42 Å². The minimum absolute atomic E-state index is 0.0249. The predicted octanol–water partition coefficient (Wildman–Crippen LogP) is 2.36. The molecule has 9 heteroatoms. The first-order valence-electron chi connectivity index (χ1n) is 9.18. The van der Waals surface area contributed by atoms with Crippen molar-refractivity contribution in [1.29, 1.82) is 0 Å². The Morgan fingerprint density at radius 2 is 1.87 bits per heavy atom. The molecular formula is C21H21FN4O4. The number of nitrogens with zero attached hydrogens (tertiary/aromatic N) is 3. The summed E-state index contributed by atoms with van der Waals surface area (Å²) in [6.07, 6.45) is 0. The van der Waals surface area contributed by atoms with Crippen molar-refractivity contribution in [2.75, 3.05) is 18.9 Å². The number of aryl methyl sites for hydroxylation is 2. The summed E-state index contributed by atoms with van der Waals surface area (Å²) in [5.74, 6) is -2.14.